The number of hydrogen-bond donors (Lipinski definition) is 0. The summed E-state index contributed by atoms with van der Waals surface area (Å²) in [5.74, 6) is -8.01. The average Bonchev–Trinajstić information content (AvgIpc) is 2.20. The third-order valence-corrected chi connectivity index (χ3v) is 1.99. The molecule has 0 rings (SSSR count). The molecule has 0 bridgehead atoms. The van der Waals surface area contributed by atoms with Crippen molar-refractivity contribution in [2.24, 2.45) is 5.92 Å². The van der Waals surface area contributed by atoms with Crippen LogP contribution >= 0.6 is 0 Å². The molecule has 0 aromatic rings. The topological polar surface area (TPSA) is 44.1 Å². The van der Waals surface area contributed by atoms with Crippen LogP contribution in [-0.2, 0) is 4.79 Å². The molecule has 8 heteroatoms. The van der Waals surface area contributed by atoms with Crippen LogP contribution in [-0.4, -0.2) is 36.0 Å². The normalized spacial score (nSPS) is 12.4. The van der Waals surface area contributed by atoms with Gasteiger partial charge in [0.25, 0.3) is 0 Å². The molecule has 0 unspecified atom stereocenters. The van der Waals surface area contributed by atoms with Crippen molar-refractivity contribution in [3.63, 3.8) is 0 Å². The summed E-state index contributed by atoms with van der Waals surface area (Å²) in [5, 5.41) is 8.30. The molecule has 0 aromatic heterocycles. The Balaban J connectivity index is 5.01. The van der Waals surface area contributed by atoms with Crippen LogP contribution in [0.1, 0.15) is 20.3 Å². The number of rotatable bonds is 5. The third-order valence-electron chi connectivity index (χ3n) is 1.99. The number of nitriles is 1. The van der Waals surface area contributed by atoms with Gasteiger partial charge in [-0.05, 0) is 5.92 Å². The van der Waals surface area contributed by atoms with Crippen molar-refractivity contribution in [2.75, 3.05) is 13.1 Å². The highest BCUT2D eigenvalue weighted by atomic mass is 19.4. The van der Waals surface area contributed by atoms with E-state index in [4.69, 9.17) is 5.26 Å². The first kappa shape index (κ1) is 16.6. The van der Waals surface area contributed by atoms with Gasteiger partial charge in [0.2, 0.25) is 0 Å². The fraction of sp³-hybridized carbons (Fsp3) is 0.800. The Bertz CT molecular complexity index is 332. The van der Waals surface area contributed by atoms with Gasteiger partial charge >= 0.3 is 18.0 Å². The second-order valence-electron chi connectivity index (χ2n) is 4.13. The van der Waals surface area contributed by atoms with Gasteiger partial charge in [0.05, 0.1) is 12.5 Å². The van der Waals surface area contributed by atoms with Crippen LogP contribution in [0.15, 0.2) is 0 Å². The molecule has 0 aromatic carbocycles. The first-order valence-electron chi connectivity index (χ1n) is 5.15. The fourth-order valence-corrected chi connectivity index (χ4v) is 1.22. The van der Waals surface area contributed by atoms with E-state index in [0.717, 1.165) is 0 Å². The van der Waals surface area contributed by atoms with E-state index in [1.54, 1.807) is 19.9 Å². The van der Waals surface area contributed by atoms with Gasteiger partial charge in [-0.15, -0.1) is 0 Å². The minimum Gasteiger partial charge on any atom is -0.336 e. The third kappa shape index (κ3) is 4.13. The molecule has 0 N–H and O–H groups in total. The number of hydrogen-bond acceptors (Lipinski definition) is 2. The lowest BCUT2D eigenvalue weighted by molar-refractivity contribution is -0.274. The van der Waals surface area contributed by atoms with Crippen LogP contribution < -0.4 is 0 Å². The quantitative estimate of drug-likeness (QED) is 0.722. The maximum Gasteiger partial charge on any atom is 0.463 e. The Morgan fingerprint density at radius 2 is 1.78 bits per heavy atom. The largest absolute Gasteiger partial charge is 0.463 e. The smallest absolute Gasteiger partial charge is 0.336 e. The van der Waals surface area contributed by atoms with Gasteiger partial charge in [-0.1, -0.05) is 13.8 Å². The van der Waals surface area contributed by atoms with Crippen LogP contribution in [0.3, 0.4) is 0 Å². The molecule has 0 aliphatic carbocycles. The van der Waals surface area contributed by atoms with Crippen LogP contribution in [0.4, 0.5) is 22.0 Å². The van der Waals surface area contributed by atoms with Crippen molar-refractivity contribution in [3.8, 4) is 6.07 Å². The Morgan fingerprint density at radius 3 is 2.11 bits per heavy atom. The molecule has 0 aliphatic heterocycles. The molecule has 0 spiro atoms. The van der Waals surface area contributed by atoms with E-state index in [2.05, 4.69) is 0 Å². The van der Waals surface area contributed by atoms with Crippen molar-refractivity contribution in [1.82, 2.24) is 4.90 Å². The Morgan fingerprint density at radius 1 is 1.28 bits per heavy atom. The van der Waals surface area contributed by atoms with Gasteiger partial charge in [-0.25, -0.2) is 0 Å². The molecule has 18 heavy (non-hydrogen) atoms. The highest BCUT2D eigenvalue weighted by Gasteiger charge is 2.64. The van der Waals surface area contributed by atoms with Crippen molar-refractivity contribution in [2.45, 2.75) is 32.4 Å². The summed E-state index contributed by atoms with van der Waals surface area (Å²) in [7, 11) is 0. The summed E-state index contributed by atoms with van der Waals surface area (Å²) in [5.41, 5.74) is 0. The first-order chi connectivity index (χ1) is 8.04. The molecule has 0 heterocycles. The average molecular weight is 272 g/mol. The molecule has 0 fully saturated rings. The zero-order chi connectivity index (χ0) is 14.6. The minimum atomic E-state index is -5.92. The summed E-state index contributed by atoms with van der Waals surface area (Å²) >= 11 is 0. The predicted molar refractivity (Wildman–Crippen MR) is 52.7 cm³/mol. The maximum atomic E-state index is 12.9. The van der Waals surface area contributed by atoms with Crippen molar-refractivity contribution < 1.29 is 26.7 Å². The molecule has 3 nitrogen and oxygen atoms in total. The van der Waals surface area contributed by atoms with E-state index in [-0.39, 0.29) is 18.9 Å². The second kappa shape index (κ2) is 5.98. The van der Waals surface area contributed by atoms with Gasteiger partial charge < -0.3 is 4.90 Å². The second-order valence-corrected chi connectivity index (χ2v) is 4.13. The van der Waals surface area contributed by atoms with Crippen LogP contribution in [0.2, 0.25) is 0 Å². The number of alkyl halides is 5. The van der Waals surface area contributed by atoms with Gasteiger partial charge in [-0.2, -0.15) is 27.2 Å². The number of nitrogens with zero attached hydrogens (tertiary/aromatic N) is 2. The first-order valence-corrected chi connectivity index (χ1v) is 5.15. The van der Waals surface area contributed by atoms with E-state index < -0.39 is 24.6 Å². The monoisotopic (exact) mass is 272 g/mol. The van der Waals surface area contributed by atoms with Crippen LogP contribution in [0.5, 0.6) is 0 Å². The van der Waals surface area contributed by atoms with Gasteiger partial charge in [0, 0.05) is 13.1 Å². The molecular weight excluding hydrogens is 259 g/mol. The number of halogens is 5. The maximum absolute atomic E-state index is 12.9. The Hall–Kier alpha value is -1.39. The molecule has 0 radical (unpaired) electrons. The van der Waals surface area contributed by atoms with Crippen molar-refractivity contribution in [1.29, 1.82) is 5.26 Å². The molecule has 1 amide bonds. The van der Waals surface area contributed by atoms with Gasteiger partial charge in [0.15, 0.2) is 0 Å². The summed E-state index contributed by atoms with van der Waals surface area (Å²) in [6.07, 6.45) is -6.22. The Labute approximate surface area is 101 Å². The molecule has 0 saturated heterocycles. The lowest BCUT2D eigenvalue weighted by Crippen LogP contribution is -2.53. The standard InChI is InChI=1S/C10H13F5N2O/c1-7(2)6-17(5-3-4-16)8(18)9(11,12)10(13,14)15/h7H,3,5-6H2,1-2H3. The van der Waals surface area contributed by atoms with Crippen LogP contribution in [0, 0.1) is 17.2 Å². The molecule has 104 valence electrons. The van der Waals surface area contributed by atoms with E-state index >= 15 is 0 Å². The highest BCUT2D eigenvalue weighted by molar-refractivity contribution is 5.84. The zero-order valence-corrected chi connectivity index (χ0v) is 9.89. The SMILES string of the molecule is CC(C)CN(CCC#N)C(=O)C(F)(F)C(F)(F)F. The lowest BCUT2D eigenvalue weighted by Gasteiger charge is -2.28. The minimum absolute atomic E-state index is 0.258. The van der Waals surface area contributed by atoms with E-state index in [0.29, 0.717) is 4.90 Å². The van der Waals surface area contributed by atoms with Gasteiger partial charge in [-0.3, -0.25) is 4.79 Å². The molecule has 0 aliphatic rings. The number of amides is 1. The summed E-state index contributed by atoms with van der Waals surface area (Å²) in [4.78, 5) is 11.6. The van der Waals surface area contributed by atoms with Crippen molar-refractivity contribution in [3.05, 3.63) is 0 Å². The van der Waals surface area contributed by atoms with Crippen LogP contribution in [0.25, 0.3) is 0 Å². The van der Waals surface area contributed by atoms with E-state index in [1.807, 2.05) is 0 Å². The number of carbonyl (C=O) groups excluding carboxylic acids is 1. The highest BCUT2D eigenvalue weighted by Crippen LogP contribution is 2.37. The summed E-state index contributed by atoms with van der Waals surface area (Å²) in [6.45, 7) is 2.43. The van der Waals surface area contributed by atoms with Gasteiger partial charge in [0.1, 0.15) is 0 Å². The predicted octanol–water partition coefficient (Wildman–Crippen LogP) is 2.58. The van der Waals surface area contributed by atoms with E-state index in [9.17, 15) is 26.7 Å². The van der Waals surface area contributed by atoms with Crippen molar-refractivity contribution >= 4 is 5.91 Å². The summed E-state index contributed by atoms with van der Waals surface area (Å²) in [6, 6.07) is 1.60. The molecular formula is C10H13F5N2O. The number of carbonyl (C=O) groups is 1. The fourth-order valence-electron chi connectivity index (χ4n) is 1.22. The zero-order valence-electron chi connectivity index (χ0n) is 9.89. The Kier molecular flexibility index (Phi) is 5.52. The molecule has 0 saturated carbocycles. The lowest BCUT2D eigenvalue weighted by atomic mass is 10.1. The van der Waals surface area contributed by atoms with E-state index in [1.165, 1.54) is 0 Å². The molecule has 0 atom stereocenters. The summed E-state index contributed by atoms with van der Waals surface area (Å²) < 4.78 is 61.8.